The number of alkyl halides is 3. The monoisotopic (exact) mass is 398 g/mol. The van der Waals surface area contributed by atoms with Crippen LogP contribution in [0.4, 0.5) is 18.9 Å². The average Bonchev–Trinajstić information content (AvgIpc) is 2.60. The van der Waals surface area contributed by atoms with Gasteiger partial charge in [0, 0.05) is 36.3 Å². The summed E-state index contributed by atoms with van der Waals surface area (Å²) in [6.07, 6.45) is -4.45. The molecular formula is C19H18ClF3N2O2. The van der Waals surface area contributed by atoms with E-state index in [1.165, 1.54) is 11.8 Å². The largest absolute Gasteiger partial charge is 0.416 e. The van der Waals surface area contributed by atoms with Crippen molar-refractivity contribution in [3.8, 4) is 0 Å². The van der Waals surface area contributed by atoms with Gasteiger partial charge < -0.3 is 10.2 Å². The highest BCUT2D eigenvalue weighted by molar-refractivity contribution is 6.31. The van der Waals surface area contributed by atoms with Crippen LogP contribution in [0.1, 0.15) is 28.4 Å². The van der Waals surface area contributed by atoms with Crippen LogP contribution in [-0.4, -0.2) is 24.9 Å². The van der Waals surface area contributed by atoms with Crippen molar-refractivity contribution in [2.24, 2.45) is 0 Å². The molecule has 0 radical (unpaired) electrons. The van der Waals surface area contributed by atoms with Crippen LogP contribution in [0.3, 0.4) is 0 Å². The molecule has 2 aromatic carbocycles. The minimum Gasteiger partial charge on any atom is -0.350 e. The molecule has 0 heterocycles. The first-order valence-corrected chi connectivity index (χ1v) is 8.47. The normalized spacial score (nSPS) is 11.2. The zero-order valence-corrected chi connectivity index (χ0v) is 15.5. The van der Waals surface area contributed by atoms with Crippen LogP contribution in [-0.2, 0) is 11.0 Å². The summed E-state index contributed by atoms with van der Waals surface area (Å²) >= 11 is 5.99. The first kappa shape index (κ1) is 20.8. The fourth-order valence-electron chi connectivity index (χ4n) is 2.51. The van der Waals surface area contributed by atoms with Crippen LogP contribution in [0.15, 0.2) is 42.5 Å². The summed E-state index contributed by atoms with van der Waals surface area (Å²) in [4.78, 5) is 25.5. The summed E-state index contributed by atoms with van der Waals surface area (Å²) < 4.78 is 37.7. The third kappa shape index (κ3) is 5.47. The Bertz CT molecular complexity index is 836. The Morgan fingerprint density at radius 3 is 2.30 bits per heavy atom. The molecule has 0 fully saturated rings. The van der Waals surface area contributed by atoms with Crippen molar-refractivity contribution >= 4 is 29.1 Å². The van der Waals surface area contributed by atoms with Crippen LogP contribution >= 0.6 is 11.6 Å². The van der Waals surface area contributed by atoms with Crippen molar-refractivity contribution < 1.29 is 22.8 Å². The first-order valence-electron chi connectivity index (χ1n) is 8.09. The summed E-state index contributed by atoms with van der Waals surface area (Å²) in [6.45, 7) is 3.56. The van der Waals surface area contributed by atoms with Crippen molar-refractivity contribution in [2.45, 2.75) is 20.0 Å². The predicted molar refractivity (Wildman–Crippen MR) is 98.0 cm³/mol. The Balaban J connectivity index is 2.01. The van der Waals surface area contributed by atoms with Gasteiger partial charge in [-0.25, -0.2) is 0 Å². The lowest BCUT2D eigenvalue weighted by atomic mass is 10.1. The van der Waals surface area contributed by atoms with Crippen LogP contribution in [0, 0.1) is 6.92 Å². The van der Waals surface area contributed by atoms with Crippen LogP contribution in [0.5, 0.6) is 0 Å². The fraction of sp³-hybridized carbons (Fsp3) is 0.263. The molecule has 2 aromatic rings. The van der Waals surface area contributed by atoms with Gasteiger partial charge in [-0.1, -0.05) is 17.7 Å². The SMILES string of the molecule is CC(=O)N(CCNC(=O)c1ccc(C(F)(F)F)cc1)c1cc(Cl)ccc1C. The van der Waals surface area contributed by atoms with E-state index in [2.05, 4.69) is 5.32 Å². The van der Waals surface area contributed by atoms with E-state index in [-0.39, 0.29) is 24.6 Å². The minimum atomic E-state index is -4.45. The number of benzene rings is 2. The Hall–Kier alpha value is -2.54. The van der Waals surface area contributed by atoms with Crippen LogP contribution < -0.4 is 10.2 Å². The maximum Gasteiger partial charge on any atom is 0.416 e. The molecule has 0 saturated carbocycles. The number of amides is 2. The number of nitrogens with zero attached hydrogens (tertiary/aromatic N) is 1. The molecule has 2 rings (SSSR count). The van der Waals surface area contributed by atoms with Crippen LogP contribution in [0.25, 0.3) is 0 Å². The molecule has 0 aliphatic heterocycles. The highest BCUT2D eigenvalue weighted by atomic mass is 35.5. The number of anilines is 1. The molecule has 0 aliphatic rings. The zero-order valence-electron chi connectivity index (χ0n) is 14.7. The fourth-order valence-corrected chi connectivity index (χ4v) is 2.68. The summed E-state index contributed by atoms with van der Waals surface area (Å²) in [5, 5.41) is 3.08. The Morgan fingerprint density at radius 1 is 1.11 bits per heavy atom. The Morgan fingerprint density at radius 2 is 1.74 bits per heavy atom. The summed E-state index contributed by atoms with van der Waals surface area (Å²) in [6, 6.07) is 9.09. The van der Waals surface area contributed by atoms with Crippen molar-refractivity contribution in [3.05, 3.63) is 64.2 Å². The maximum atomic E-state index is 12.6. The molecule has 27 heavy (non-hydrogen) atoms. The van der Waals surface area contributed by atoms with Crippen molar-refractivity contribution in [2.75, 3.05) is 18.0 Å². The van der Waals surface area contributed by atoms with Gasteiger partial charge in [0.2, 0.25) is 5.91 Å². The number of rotatable bonds is 5. The van der Waals surface area contributed by atoms with Crippen LogP contribution in [0.2, 0.25) is 5.02 Å². The molecule has 0 spiro atoms. The number of aryl methyl sites for hydroxylation is 1. The molecule has 0 unspecified atom stereocenters. The van der Waals surface area contributed by atoms with Crippen molar-refractivity contribution in [1.82, 2.24) is 5.32 Å². The molecule has 144 valence electrons. The van der Waals surface area contributed by atoms with Gasteiger partial charge in [0.15, 0.2) is 0 Å². The second kappa shape index (κ2) is 8.43. The molecule has 4 nitrogen and oxygen atoms in total. The summed E-state index contributed by atoms with van der Waals surface area (Å²) in [5.74, 6) is -0.737. The molecule has 0 saturated heterocycles. The third-order valence-corrected chi connectivity index (χ3v) is 4.17. The van der Waals surface area contributed by atoms with Gasteiger partial charge in [-0.05, 0) is 48.9 Å². The van der Waals surface area contributed by atoms with E-state index in [1.807, 2.05) is 6.92 Å². The number of nitrogens with one attached hydrogen (secondary N) is 1. The lowest BCUT2D eigenvalue weighted by Gasteiger charge is -2.23. The average molecular weight is 399 g/mol. The van der Waals surface area contributed by atoms with Gasteiger partial charge in [0.05, 0.1) is 5.56 Å². The summed E-state index contributed by atoms with van der Waals surface area (Å²) in [7, 11) is 0. The number of carbonyl (C=O) groups is 2. The van der Waals surface area contributed by atoms with E-state index < -0.39 is 17.6 Å². The maximum absolute atomic E-state index is 12.6. The van der Waals surface area contributed by atoms with Gasteiger partial charge in [-0.15, -0.1) is 0 Å². The van der Waals surface area contributed by atoms with E-state index >= 15 is 0 Å². The Labute approximate surface area is 159 Å². The molecule has 0 bridgehead atoms. The second-order valence-electron chi connectivity index (χ2n) is 5.93. The molecule has 2 amide bonds. The van der Waals surface area contributed by atoms with E-state index in [0.717, 1.165) is 29.8 Å². The molecule has 0 aromatic heterocycles. The number of hydrogen-bond donors (Lipinski definition) is 1. The number of halogens is 4. The minimum absolute atomic E-state index is 0.108. The molecule has 1 N–H and O–H groups in total. The number of carbonyl (C=O) groups excluding carboxylic acids is 2. The molecular weight excluding hydrogens is 381 g/mol. The van der Waals surface area contributed by atoms with E-state index in [1.54, 1.807) is 18.2 Å². The van der Waals surface area contributed by atoms with Gasteiger partial charge in [0.1, 0.15) is 0 Å². The predicted octanol–water partition coefficient (Wildman–Crippen LogP) is 4.45. The molecule has 0 atom stereocenters. The third-order valence-electron chi connectivity index (χ3n) is 3.94. The smallest absolute Gasteiger partial charge is 0.350 e. The second-order valence-corrected chi connectivity index (χ2v) is 6.37. The Kier molecular flexibility index (Phi) is 6.49. The lowest BCUT2D eigenvalue weighted by Crippen LogP contribution is -2.38. The van der Waals surface area contributed by atoms with Gasteiger partial charge in [0.25, 0.3) is 5.91 Å². The van der Waals surface area contributed by atoms with Gasteiger partial charge >= 0.3 is 6.18 Å². The highest BCUT2D eigenvalue weighted by Crippen LogP contribution is 2.29. The zero-order chi connectivity index (χ0) is 20.2. The van der Waals surface area contributed by atoms with Crippen molar-refractivity contribution in [1.29, 1.82) is 0 Å². The quantitative estimate of drug-likeness (QED) is 0.809. The van der Waals surface area contributed by atoms with Gasteiger partial charge in [-0.3, -0.25) is 9.59 Å². The van der Waals surface area contributed by atoms with E-state index in [9.17, 15) is 22.8 Å². The topological polar surface area (TPSA) is 49.4 Å². The number of hydrogen-bond acceptors (Lipinski definition) is 2. The van der Waals surface area contributed by atoms with Crippen molar-refractivity contribution in [3.63, 3.8) is 0 Å². The lowest BCUT2D eigenvalue weighted by molar-refractivity contribution is -0.137. The molecule has 8 heteroatoms. The molecule has 0 aliphatic carbocycles. The summed E-state index contributed by atoms with van der Waals surface area (Å²) in [5.41, 5.74) is 0.775. The van der Waals surface area contributed by atoms with Gasteiger partial charge in [-0.2, -0.15) is 13.2 Å². The first-order chi connectivity index (χ1) is 12.6. The van der Waals surface area contributed by atoms with E-state index in [0.29, 0.717) is 10.7 Å². The van der Waals surface area contributed by atoms with E-state index in [4.69, 9.17) is 11.6 Å². The standard InChI is InChI=1S/C19H18ClF3N2O2/c1-12-3-8-16(20)11-17(12)25(13(2)26)10-9-24-18(27)14-4-6-15(7-5-14)19(21,22)23/h3-8,11H,9-10H2,1-2H3,(H,24,27). The highest BCUT2D eigenvalue weighted by Gasteiger charge is 2.30.